The van der Waals surface area contributed by atoms with E-state index in [1.165, 1.54) is 0 Å². The van der Waals surface area contributed by atoms with Gasteiger partial charge in [-0.15, -0.1) is 0 Å². The van der Waals surface area contributed by atoms with Crippen LogP contribution in [0.25, 0.3) is 11.1 Å². The summed E-state index contributed by atoms with van der Waals surface area (Å²) >= 11 is 0. The average molecular weight is 307 g/mol. The molecule has 0 spiro atoms. The SMILES string of the molecule is Cc1n[nH]nc1C(=O)Nc1cc(-c2ccccc2)c(C)c(C)n1. The zero-order valence-electron chi connectivity index (χ0n) is 13.2. The lowest BCUT2D eigenvalue weighted by molar-refractivity contribution is 0.102. The summed E-state index contributed by atoms with van der Waals surface area (Å²) in [4.78, 5) is 16.7. The molecule has 6 heteroatoms. The third-order valence-electron chi connectivity index (χ3n) is 3.78. The van der Waals surface area contributed by atoms with Crippen LogP contribution in [-0.2, 0) is 0 Å². The van der Waals surface area contributed by atoms with Gasteiger partial charge in [-0.25, -0.2) is 4.98 Å². The van der Waals surface area contributed by atoms with Gasteiger partial charge in [0.2, 0.25) is 0 Å². The summed E-state index contributed by atoms with van der Waals surface area (Å²) in [5, 5.41) is 12.9. The summed E-state index contributed by atoms with van der Waals surface area (Å²) in [7, 11) is 0. The molecule has 1 amide bonds. The van der Waals surface area contributed by atoms with Crippen molar-refractivity contribution in [3.8, 4) is 11.1 Å². The fraction of sp³-hybridized carbons (Fsp3) is 0.176. The van der Waals surface area contributed by atoms with Crippen molar-refractivity contribution >= 4 is 11.7 Å². The minimum Gasteiger partial charge on any atom is -0.305 e. The highest BCUT2D eigenvalue weighted by molar-refractivity contribution is 6.03. The molecule has 0 aliphatic rings. The number of amides is 1. The molecule has 23 heavy (non-hydrogen) atoms. The van der Waals surface area contributed by atoms with E-state index in [9.17, 15) is 4.79 Å². The number of hydrogen-bond acceptors (Lipinski definition) is 4. The summed E-state index contributed by atoms with van der Waals surface area (Å²) in [6, 6.07) is 11.9. The van der Waals surface area contributed by atoms with Crippen molar-refractivity contribution in [2.75, 3.05) is 5.32 Å². The number of hydrogen-bond donors (Lipinski definition) is 2. The molecular weight excluding hydrogens is 290 g/mol. The minimum atomic E-state index is -0.328. The molecule has 0 radical (unpaired) electrons. The second-order valence-electron chi connectivity index (χ2n) is 5.34. The predicted octanol–water partition coefficient (Wildman–Crippen LogP) is 3.04. The van der Waals surface area contributed by atoms with Crippen LogP contribution in [0, 0.1) is 20.8 Å². The number of carbonyl (C=O) groups is 1. The van der Waals surface area contributed by atoms with Crippen molar-refractivity contribution in [3.05, 3.63) is 59.0 Å². The fourth-order valence-corrected chi connectivity index (χ4v) is 2.39. The van der Waals surface area contributed by atoms with E-state index in [4.69, 9.17) is 0 Å². The van der Waals surface area contributed by atoms with Gasteiger partial charge < -0.3 is 5.32 Å². The van der Waals surface area contributed by atoms with Gasteiger partial charge in [0.25, 0.3) is 5.91 Å². The standard InChI is InChI=1S/C17H17N5O/c1-10-11(2)18-15(9-14(10)13-7-5-4-6-8-13)19-17(23)16-12(3)20-22-21-16/h4-9H,1-3H3,(H,18,19,23)(H,20,21,22). The highest BCUT2D eigenvalue weighted by Gasteiger charge is 2.15. The van der Waals surface area contributed by atoms with E-state index >= 15 is 0 Å². The van der Waals surface area contributed by atoms with Gasteiger partial charge in [0.1, 0.15) is 5.82 Å². The second kappa shape index (κ2) is 6.00. The van der Waals surface area contributed by atoms with Gasteiger partial charge in [0.05, 0.1) is 5.69 Å². The Hall–Kier alpha value is -3.02. The number of aryl methyl sites for hydroxylation is 2. The Labute approximate surface area is 134 Å². The summed E-state index contributed by atoms with van der Waals surface area (Å²) in [5.41, 5.74) is 4.92. The maximum absolute atomic E-state index is 12.3. The number of nitrogens with zero attached hydrogens (tertiary/aromatic N) is 3. The molecular formula is C17H17N5O. The summed E-state index contributed by atoms with van der Waals surface area (Å²) in [5.74, 6) is 0.172. The topological polar surface area (TPSA) is 83.6 Å². The van der Waals surface area contributed by atoms with E-state index in [0.717, 1.165) is 22.4 Å². The average Bonchev–Trinajstić information content (AvgIpc) is 2.97. The van der Waals surface area contributed by atoms with Crippen LogP contribution in [0.1, 0.15) is 27.4 Å². The highest BCUT2D eigenvalue weighted by Crippen LogP contribution is 2.27. The van der Waals surface area contributed by atoms with Gasteiger partial charge >= 0.3 is 0 Å². The van der Waals surface area contributed by atoms with Crippen molar-refractivity contribution in [1.82, 2.24) is 20.4 Å². The molecule has 0 aliphatic heterocycles. The van der Waals surface area contributed by atoms with Gasteiger partial charge in [0, 0.05) is 5.69 Å². The molecule has 0 atom stereocenters. The summed E-state index contributed by atoms with van der Waals surface area (Å²) in [6.45, 7) is 5.68. The van der Waals surface area contributed by atoms with E-state index < -0.39 is 0 Å². The molecule has 0 saturated carbocycles. The number of aromatic amines is 1. The normalized spacial score (nSPS) is 10.6. The summed E-state index contributed by atoms with van der Waals surface area (Å²) < 4.78 is 0. The van der Waals surface area contributed by atoms with Gasteiger partial charge in [-0.05, 0) is 43.5 Å². The van der Waals surface area contributed by atoms with Crippen molar-refractivity contribution in [2.24, 2.45) is 0 Å². The second-order valence-corrected chi connectivity index (χ2v) is 5.34. The van der Waals surface area contributed by atoms with E-state index in [1.807, 2.05) is 50.2 Å². The largest absolute Gasteiger partial charge is 0.305 e. The Kier molecular flexibility index (Phi) is 3.89. The number of aromatic nitrogens is 4. The quantitative estimate of drug-likeness (QED) is 0.779. The zero-order valence-corrected chi connectivity index (χ0v) is 13.2. The molecule has 1 aromatic carbocycles. The molecule has 3 rings (SSSR count). The molecule has 2 N–H and O–H groups in total. The lowest BCUT2D eigenvalue weighted by atomic mass is 10.0. The lowest BCUT2D eigenvalue weighted by Gasteiger charge is -2.12. The zero-order chi connectivity index (χ0) is 16.4. The first-order valence-corrected chi connectivity index (χ1v) is 7.28. The van der Waals surface area contributed by atoms with E-state index in [-0.39, 0.29) is 11.6 Å². The monoisotopic (exact) mass is 307 g/mol. The number of H-pyrrole nitrogens is 1. The molecule has 0 aliphatic carbocycles. The number of pyridine rings is 1. The molecule has 116 valence electrons. The van der Waals surface area contributed by atoms with Gasteiger partial charge in [0.15, 0.2) is 5.69 Å². The summed E-state index contributed by atoms with van der Waals surface area (Å²) in [6.07, 6.45) is 0. The van der Waals surface area contributed by atoms with Crippen LogP contribution < -0.4 is 5.32 Å². The maximum atomic E-state index is 12.3. The van der Waals surface area contributed by atoms with Gasteiger partial charge in [-0.1, -0.05) is 30.3 Å². The van der Waals surface area contributed by atoms with Crippen LogP contribution in [0.3, 0.4) is 0 Å². The van der Waals surface area contributed by atoms with Crippen molar-refractivity contribution < 1.29 is 4.79 Å². The molecule has 0 bridgehead atoms. The van der Waals surface area contributed by atoms with Crippen LogP contribution in [0.15, 0.2) is 36.4 Å². The first-order chi connectivity index (χ1) is 11.1. The van der Waals surface area contributed by atoms with E-state index in [0.29, 0.717) is 11.5 Å². The molecule has 2 aromatic heterocycles. The highest BCUT2D eigenvalue weighted by atomic mass is 16.2. The minimum absolute atomic E-state index is 0.270. The number of carbonyl (C=O) groups excluding carboxylic acids is 1. The van der Waals surface area contributed by atoms with E-state index in [2.05, 4.69) is 25.7 Å². The fourth-order valence-electron chi connectivity index (χ4n) is 2.39. The van der Waals surface area contributed by atoms with Gasteiger partial charge in [-0.2, -0.15) is 15.4 Å². The predicted molar refractivity (Wildman–Crippen MR) is 88.2 cm³/mol. The Morgan fingerprint density at radius 3 is 2.43 bits per heavy atom. The van der Waals surface area contributed by atoms with Crippen molar-refractivity contribution in [1.29, 1.82) is 0 Å². The van der Waals surface area contributed by atoms with Gasteiger partial charge in [-0.3, -0.25) is 4.79 Å². The molecule has 0 fully saturated rings. The van der Waals surface area contributed by atoms with Crippen LogP contribution >= 0.6 is 0 Å². The smallest absolute Gasteiger partial charge is 0.279 e. The van der Waals surface area contributed by atoms with Crippen LogP contribution in [-0.4, -0.2) is 26.3 Å². The third kappa shape index (κ3) is 2.96. The number of anilines is 1. The number of nitrogens with one attached hydrogen (secondary N) is 2. The van der Waals surface area contributed by atoms with Crippen LogP contribution in [0.5, 0.6) is 0 Å². The van der Waals surface area contributed by atoms with Crippen LogP contribution in [0.4, 0.5) is 5.82 Å². The molecule has 0 saturated heterocycles. The first-order valence-electron chi connectivity index (χ1n) is 7.28. The van der Waals surface area contributed by atoms with E-state index in [1.54, 1.807) is 6.92 Å². The Morgan fingerprint density at radius 1 is 1.04 bits per heavy atom. The first kappa shape index (κ1) is 14.9. The van der Waals surface area contributed by atoms with Crippen molar-refractivity contribution in [2.45, 2.75) is 20.8 Å². The Bertz CT molecular complexity index is 855. The molecule has 2 heterocycles. The molecule has 3 aromatic rings. The molecule has 6 nitrogen and oxygen atoms in total. The number of benzene rings is 1. The van der Waals surface area contributed by atoms with Crippen LogP contribution in [0.2, 0.25) is 0 Å². The Morgan fingerprint density at radius 2 is 1.78 bits per heavy atom. The maximum Gasteiger partial charge on any atom is 0.279 e. The number of rotatable bonds is 3. The molecule has 0 unspecified atom stereocenters. The lowest BCUT2D eigenvalue weighted by Crippen LogP contribution is -2.15. The third-order valence-corrected chi connectivity index (χ3v) is 3.78. The van der Waals surface area contributed by atoms with Crippen molar-refractivity contribution in [3.63, 3.8) is 0 Å². The Balaban J connectivity index is 1.97.